The second-order valence-corrected chi connectivity index (χ2v) is 11.6. The molecule has 0 bridgehead atoms. The maximum absolute atomic E-state index is 11.8. The van der Waals surface area contributed by atoms with Crippen LogP contribution in [0.5, 0.6) is 0 Å². The van der Waals surface area contributed by atoms with Crippen LogP contribution in [0.1, 0.15) is 40.5 Å². The van der Waals surface area contributed by atoms with Gasteiger partial charge in [0, 0.05) is 6.42 Å². The molecule has 0 heterocycles. The summed E-state index contributed by atoms with van der Waals surface area (Å²) in [4.78, 5) is 11.8. The van der Waals surface area contributed by atoms with Gasteiger partial charge in [-0.05, 0) is 31.5 Å². The van der Waals surface area contributed by atoms with E-state index in [9.17, 15) is 4.79 Å². The van der Waals surface area contributed by atoms with E-state index < -0.39 is 13.9 Å². The Kier molecular flexibility index (Phi) is 3.90. The average molecular weight is 265 g/mol. The van der Waals surface area contributed by atoms with Gasteiger partial charge in [-0.1, -0.05) is 26.8 Å². The van der Waals surface area contributed by atoms with E-state index in [1.165, 1.54) is 0 Å². The molecule has 0 fully saturated rings. The smallest absolute Gasteiger partial charge is 0.192 e. The molecule has 3 nitrogen and oxygen atoms in total. The van der Waals surface area contributed by atoms with Crippen molar-refractivity contribution in [1.29, 1.82) is 5.26 Å². The minimum absolute atomic E-state index is 0.0926. The van der Waals surface area contributed by atoms with Crippen LogP contribution in [0.2, 0.25) is 18.1 Å². The fraction of sp³-hybridized carbons (Fsp3) is 0.714. The summed E-state index contributed by atoms with van der Waals surface area (Å²) in [6, 6.07) is 1.95. The molecular weight excluding hydrogens is 242 g/mol. The van der Waals surface area contributed by atoms with E-state index in [4.69, 9.17) is 9.69 Å². The van der Waals surface area contributed by atoms with Crippen LogP contribution in [0, 0.1) is 11.3 Å². The lowest BCUT2D eigenvalue weighted by atomic mass is 9.87. The molecule has 0 aromatic carbocycles. The first-order chi connectivity index (χ1) is 8.01. The van der Waals surface area contributed by atoms with Crippen molar-refractivity contribution in [3.63, 3.8) is 0 Å². The standard InChI is InChI=1S/C14H23NO2Si/c1-13(2,3)18(5,6)17-14(4)8-7-11(10-15)12(16)9-14/h7H,8-9H2,1-6H3/t14-/m0/s1. The third kappa shape index (κ3) is 3.09. The molecule has 1 atom stereocenters. The van der Waals surface area contributed by atoms with Crippen LogP contribution in [-0.4, -0.2) is 19.7 Å². The zero-order valence-corrected chi connectivity index (χ0v) is 13.3. The molecule has 1 rings (SSSR count). The number of hydrogen-bond donors (Lipinski definition) is 0. The van der Waals surface area contributed by atoms with Crippen LogP contribution in [-0.2, 0) is 9.22 Å². The van der Waals surface area contributed by atoms with Crippen LogP contribution >= 0.6 is 0 Å². The summed E-state index contributed by atoms with van der Waals surface area (Å²) >= 11 is 0. The number of ketones is 1. The van der Waals surface area contributed by atoms with E-state index in [-0.39, 0.29) is 16.4 Å². The number of nitrogens with zero attached hydrogens (tertiary/aromatic N) is 1. The summed E-state index contributed by atoms with van der Waals surface area (Å²) in [7, 11) is -1.89. The lowest BCUT2D eigenvalue weighted by Gasteiger charge is -2.44. The van der Waals surface area contributed by atoms with Crippen LogP contribution in [0.4, 0.5) is 0 Å². The molecule has 1 aliphatic rings. The van der Waals surface area contributed by atoms with Gasteiger partial charge in [-0.15, -0.1) is 0 Å². The predicted molar refractivity (Wildman–Crippen MR) is 74.6 cm³/mol. The summed E-state index contributed by atoms with van der Waals surface area (Å²) in [6.45, 7) is 12.9. The number of allylic oxidation sites excluding steroid dienone is 1. The van der Waals surface area contributed by atoms with Gasteiger partial charge >= 0.3 is 0 Å². The Bertz CT molecular complexity index is 426. The van der Waals surface area contributed by atoms with Crippen molar-refractivity contribution >= 4 is 14.1 Å². The topological polar surface area (TPSA) is 50.1 Å². The lowest BCUT2D eigenvalue weighted by molar-refractivity contribution is -0.119. The minimum atomic E-state index is -1.89. The summed E-state index contributed by atoms with van der Waals surface area (Å²) in [5.74, 6) is -0.0926. The molecule has 0 aromatic heterocycles. The largest absolute Gasteiger partial charge is 0.411 e. The fourth-order valence-corrected chi connectivity index (χ4v) is 3.59. The van der Waals surface area contributed by atoms with Gasteiger partial charge in [0.05, 0.1) is 11.2 Å². The van der Waals surface area contributed by atoms with Gasteiger partial charge in [0.15, 0.2) is 14.1 Å². The average Bonchev–Trinajstić information content (AvgIpc) is 2.14. The predicted octanol–water partition coefficient (Wildman–Crippen LogP) is 3.58. The van der Waals surface area contributed by atoms with Gasteiger partial charge in [0.25, 0.3) is 0 Å². The van der Waals surface area contributed by atoms with Gasteiger partial charge in [0.2, 0.25) is 0 Å². The maximum atomic E-state index is 11.8. The van der Waals surface area contributed by atoms with Crippen LogP contribution < -0.4 is 0 Å². The second kappa shape index (κ2) is 4.64. The monoisotopic (exact) mass is 265 g/mol. The number of Topliss-reactive ketones (excluding diaryl/α,β-unsaturated/α-hetero) is 1. The number of carbonyl (C=O) groups excluding carboxylic acids is 1. The number of carbonyl (C=O) groups is 1. The highest BCUT2D eigenvalue weighted by Gasteiger charge is 2.44. The Morgan fingerprint density at radius 2 is 2.00 bits per heavy atom. The van der Waals surface area contributed by atoms with Gasteiger partial charge in [-0.25, -0.2) is 0 Å². The Labute approximate surface area is 111 Å². The van der Waals surface area contributed by atoms with Crippen molar-refractivity contribution in [1.82, 2.24) is 0 Å². The first kappa shape index (κ1) is 15.1. The Hall–Kier alpha value is -0.923. The molecule has 4 heteroatoms. The zero-order valence-electron chi connectivity index (χ0n) is 12.3. The molecule has 0 saturated carbocycles. The van der Waals surface area contributed by atoms with Crippen molar-refractivity contribution in [3.8, 4) is 6.07 Å². The third-order valence-electron chi connectivity index (χ3n) is 4.00. The normalized spacial score (nSPS) is 25.6. The fourth-order valence-electron chi connectivity index (χ4n) is 1.89. The van der Waals surface area contributed by atoms with E-state index in [1.807, 2.05) is 13.0 Å². The summed E-state index contributed by atoms with van der Waals surface area (Å²) in [5, 5.41) is 8.95. The highest BCUT2D eigenvalue weighted by atomic mass is 28.4. The van der Waals surface area contributed by atoms with E-state index >= 15 is 0 Å². The highest BCUT2D eigenvalue weighted by Crippen LogP contribution is 2.41. The number of rotatable bonds is 2. The van der Waals surface area contributed by atoms with E-state index in [2.05, 4.69) is 33.9 Å². The van der Waals surface area contributed by atoms with Crippen molar-refractivity contribution in [2.45, 2.75) is 64.3 Å². The Morgan fingerprint density at radius 3 is 2.39 bits per heavy atom. The second-order valence-electron chi connectivity index (χ2n) is 6.85. The molecular formula is C14H23NO2Si. The number of nitriles is 1. The quantitative estimate of drug-likeness (QED) is 0.717. The Morgan fingerprint density at radius 1 is 1.44 bits per heavy atom. The highest BCUT2D eigenvalue weighted by molar-refractivity contribution is 6.74. The molecule has 0 aromatic rings. The zero-order chi connectivity index (χ0) is 14.2. The molecule has 0 amide bonds. The third-order valence-corrected chi connectivity index (χ3v) is 8.62. The van der Waals surface area contributed by atoms with E-state index in [1.54, 1.807) is 6.08 Å². The molecule has 0 aliphatic heterocycles. The van der Waals surface area contributed by atoms with Crippen molar-refractivity contribution in [2.75, 3.05) is 0 Å². The summed E-state index contributed by atoms with van der Waals surface area (Å²) < 4.78 is 6.36. The van der Waals surface area contributed by atoms with Gasteiger partial charge in [-0.3, -0.25) is 4.79 Å². The van der Waals surface area contributed by atoms with Gasteiger partial charge < -0.3 is 4.43 Å². The molecule has 0 N–H and O–H groups in total. The molecule has 1 aliphatic carbocycles. The van der Waals surface area contributed by atoms with Gasteiger partial charge in [-0.2, -0.15) is 5.26 Å². The van der Waals surface area contributed by atoms with E-state index in [0.29, 0.717) is 12.8 Å². The molecule has 100 valence electrons. The van der Waals surface area contributed by atoms with Crippen molar-refractivity contribution in [3.05, 3.63) is 11.6 Å². The molecule has 0 unspecified atom stereocenters. The summed E-state index contributed by atoms with van der Waals surface area (Å²) in [5.41, 5.74) is -0.160. The number of hydrogen-bond acceptors (Lipinski definition) is 3. The van der Waals surface area contributed by atoms with E-state index in [0.717, 1.165) is 0 Å². The molecule has 0 radical (unpaired) electrons. The maximum Gasteiger partial charge on any atom is 0.192 e. The molecule has 0 spiro atoms. The SMILES string of the molecule is CC(C)(C)[Si](C)(C)O[C@@]1(C)CC=C(C#N)C(=O)C1. The van der Waals surface area contributed by atoms with Gasteiger partial charge in [0.1, 0.15) is 6.07 Å². The lowest BCUT2D eigenvalue weighted by Crippen LogP contribution is -2.50. The Balaban J connectivity index is 2.90. The van der Waals surface area contributed by atoms with Crippen LogP contribution in [0.3, 0.4) is 0 Å². The first-order valence-electron chi connectivity index (χ1n) is 6.34. The van der Waals surface area contributed by atoms with Crippen LogP contribution in [0.25, 0.3) is 0 Å². The molecule has 18 heavy (non-hydrogen) atoms. The summed E-state index contributed by atoms with van der Waals surface area (Å²) in [6.07, 6.45) is 2.69. The first-order valence-corrected chi connectivity index (χ1v) is 9.25. The van der Waals surface area contributed by atoms with Crippen LogP contribution in [0.15, 0.2) is 11.6 Å². The minimum Gasteiger partial charge on any atom is -0.411 e. The van der Waals surface area contributed by atoms with Crippen molar-refractivity contribution < 1.29 is 9.22 Å². The molecule has 0 saturated heterocycles. The van der Waals surface area contributed by atoms with Crippen molar-refractivity contribution in [2.24, 2.45) is 0 Å².